The number of urea groups is 1. The van der Waals surface area contributed by atoms with Gasteiger partial charge in [0.2, 0.25) is 0 Å². The van der Waals surface area contributed by atoms with Crippen LogP contribution in [-0.2, 0) is 4.79 Å². The molecule has 0 aliphatic carbocycles. The van der Waals surface area contributed by atoms with Gasteiger partial charge in [-0.15, -0.1) is 0 Å². The van der Waals surface area contributed by atoms with Crippen molar-refractivity contribution in [1.82, 2.24) is 4.90 Å². The van der Waals surface area contributed by atoms with Crippen LogP contribution in [0.2, 0.25) is 0 Å². The van der Waals surface area contributed by atoms with Gasteiger partial charge in [0.25, 0.3) is 0 Å². The van der Waals surface area contributed by atoms with Crippen molar-refractivity contribution in [3.8, 4) is 5.75 Å². The number of ether oxygens (including phenoxy) is 1. The summed E-state index contributed by atoms with van der Waals surface area (Å²) in [6.07, 6.45) is -0.0772. The Morgan fingerprint density at radius 1 is 1.40 bits per heavy atom. The molecule has 0 fully saturated rings. The smallest absolute Gasteiger partial charge is 0.321 e. The fourth-order valence-electron chi connectivity index (χ4n) is 1.75. The molecule has 0 aromatic heterocycles. The highest BCUT2D eigenvalue weighted by molar-refractivity contribution is 5.91. The first-order valence-corrected chi connectivity index (χ1v) is 6.40. The summed E-state index contributed by atoms with van der Waals surface area (Å²) in [7, 11) is 1.53. The molecule has 1 aromatic rings. The third kappa shape index (κ3) is 4.46. The Morgan fingerprint density at radius 3 is 2.65 bits per heavy atom. The number of aliphatic carboxylic acids is 1. The lowest BCUT2D eigenvalue weighted by Crippen LogP contribution is -2.36. The monoisotopic (exact) mass is 280 g/mol. The summed E-state index contributed by atoms with van der Waals surface area (Å²) >= 11 is 0. The summed E-state index contributed by atoms with van der Waals surface area (Å²) in [6.45, 7) is 4.32. The zero-order valence-electron chi connectivity index (χ0n) is 12.0. The van der Waals surface area contributed by atoms with Crippen molar-refractivity contribution in [3.05, 3.63) is 23.8 Å². The second-order valence-electron chi connectivity index (χ2n) is 4.36. The number of nitrogens with zero attached hydrogens (tertiary/aromatic N) is 1. The Bertz CT molecular complexity index is 488. The van der Waals surface area contributed by atoms with E-state index < -0.39 is 5.97 Å². The number of anilines is 1. The van der Waals surface area contributed by atoms with Gasteiger partial charge in [-0.1, -0.05) is 6.07 Å². The van der Waals surface area contributed by atoms with Gasteiger partial charge in [-0.2, -0.15) is 0 Å². The molecule has 0 atom stereocenters. The quantitative estimate of drug-likeness (QED) is 0.838. The summed E-state index contributed by atoms with van der Waals surface area (Å²) in [5, 5.41) is 11.4. The Hall–Kier alpha value is -2.24. The SMILES string of the molecule is CCN(CCC(=O)O)C(=O)Nc1cc(C)ccc1OC. The highest BCUT2D eigenvalue weighted by atomic mass is 16.5. The largest absolute Gasteiger partial charge is 0.495 e. The molecule has 6 nitrogen and oxygen atoms in total. The minimum absolute atomic E-state index is 0.0772. The number of hydrogen-bond donors (Lipinski definition) is 2. The molecule has 2 amide bonds. The van der Waals surface area contributed by atoms with Gasteiger partial charge in [-0.25, -0.2) is 4.79 Å². The van der Waals surface area contributed by atoms with Crippen LogP contribution in [0.15, 0.2) is 18.2 Å². The van der Waals surface area contributed by atoms with Crippen LogP contribution in [0.3, 0.4) is 0 Å². The molecule has 110 valence electrons. The first-order valence-electron chi connectivity index (χ1n) is 6.40. The molecule has 6 heteroatoms. The van der Waals surface area contributed by atoms with Gasteiger partial charge in [-0.05, 0) is 31.5 Å². The topological polar surface area (TPSA) is 78.9 Å². The number of hydrogen-bond acceptors (Lipinski definition) is 3. The Morgan fingerprint density at radius 2 is 2.10 bits per heavy atom. The van der Waals surface area contributed by atoms with Crippen LogP contribution in [0.5, 0.6) is 5.75 Å². The van der Waals surface area contributed by atoms with E-state index in [4.69, 9.17) is 9.84 Å². The molecule has 2 N–H and O–H groups in total. The van der Waals surface area contributed by atoms with E-state index in [-0.39, 0.29) is 19.0 Å². The third-order valence-electron chi connectivity index (χ3n) is 2.86. The first-order chi connectivity index (χ1) is 9.47. The fourth-order valence-corrected chi connectivity index (χ4v) is 1.75. The molecule has 0 aliphatic rings. The zero-order chi connectivity index (χ0) is 15.1. The maximum atomic E-state index is 12.1. The minimum atomic E-state index is -0.926. The van der Waals surface area contributed by atoms with Crippen LogP contribution in [0.25, 0.3) is 0 Å². The third-order valence-corrected chi connectivity index (χ3v) is 2.86. The van der Waals surface area contributed by atoms with Gasteiger partial charge >= 0.3 is 12.0 Å². The Balaban J connectivity index is 2.77. The number of methoxy groups -OCH3 is 1. The predicted molar refractivity (Wildman–Crippen MR) is 76.2 cm³/mol. The molecule has 0 aliphatic heterocycles. The van der Waals surface area contributed by atoms with E-state index in [1.165, 1.54) is 12.0 Å². The second-order valence-corrected chi connectivity index (χ2v) is 4.36. The Kier molecular flexibility index (Phi) is 5.83. The van der Waals surface area contributed by atoms with Crippen molar-refractivity contribution < 1.29 is 19.4 Å². The summed E-state index contributed by atoms with van der Waals surface area (Å²) in [5.41, 5.74) is 1.57. The lowest BCUT2D eigenvalue weighted by molar-refractivity contribution is -0.137. The zero-order valence-corrected chi connectivity index (χ0v) is 12.0. The Labute approximate surface area is 118 Å². The average Bonchev–Trinajstić information content (AvgIpc) is 2.39. The highest BCUT2D eigenvalue weighted by Crippen LogP contribution is 2.25. The average molecular weight is 280 g/mol. The molecule has 0 saturated carbocycles. The molecule has 0 saturated heterocycles. The summed E-state index contributed by atoms with van der Waals surface area (Å²) in [4.78, 5) is 24.1. The van der Waals surface area contributed by atoms with Crippen LogP contribution in [-0.4, -0.2) is 42.2 Å². The van der Waals surface area contributed by atoms with E-state index in [0.717, 1.165) is 5.56 Å². The highest BCUT2D eigenvalue weighted by Gasteiger charge is 2.15. The molecule has 20 heavy (non-hydrogen) atoms. The summed E-state index contributed by atoms with van der Waals surface area (Å²) in [5.74, 6) is -0.359. The maximum Gasteiger partial charge on any atom is 0.321 e. The lowest BCUT2D eigenvalue weighted by atomic mass is 10.2. The van der Waals surface area contributed by atoms with E-state index in [2.05, 4.69) is 5.32 Å². The van der Waals surface area contributed by atoms with Crippen molar-refractivity contribution in [2.75, 3.05) is 25.5 Å². The van der Waals surface area contributed by atoms with E-state index >= 15 is 0 Å². The summed E-state index contributed by atoms with van der Waals surface area (Å²) in [6, 6.07) is 5.13. The number of rotatable bonds is 6. The van der Waals surface area contributed by atoms with Crippen molar-refractivity contribution in [2.45, 2.75) is 20.3 Å². The van der Waals surface area contributed by atoms with E-state index in [1.807, 2.05) is 19.1 Å². The number of carbonyl (C=O) groups excluding carboxylic acids is 1. The number of carboxylic acid groups (broad SMARTS) is 1. The van der Waals surface area contributed by atoms with E-state index in [0.29, 0.717) is 18.0 Å². The van der Waals surface area contributed by atoms with Gasteiger partial charge in [0.15, 0.2) is 0 Å². The molecule has 0 heterocycles. The number of nitrogens with one attached hydrogen (secondary N) is 1. The maximum absolute atomic E-state index is 12.1. The van der Waals surface area contributed by atoms with Gasteiger partial charge in [0.05, 0.1) is 19.2 Å². The van der Waals surface area contributed by atoms with Crippen molar-refractivity contribution in [3.63, 3.8) is 0 Å². The molecule has 1 aromatic carbocycles. The second kappa shape index (κ2) is 7.37. The fraction of sp³-hybridized carbons (Fsp3) is 0.429. The molecule has 0 radical (unpaired) electrons. The van der Waals surface area contributed by atoms with Crippen molar-refractivity contribution in [2.24, 2.45) is 0 Å². The molecular formula is C14H20N2O4. The summed E-state index contributed by atoms with van der Waals surface area (Å²) < 4.78 is 5.19. The molecular weight excluding hydrogens is 260 g/mol. The normalized spacial score (nSPS) is 9.95. The number of benzene rings is 1. The number of amides is 2. The number of carboxylic acids is 1. The van der Waals surface area contributed by atoms with Crippen LogP contribution in [0.4, 0.5) is 10.5 Å². The van der Waals surface area contributed by atoms with Crippen LogP contribution < -0.4 is 10.1 Å². The molecule has 1 rings (SSSR count). The number of carbonyl (C=O) groups is 2. The first kappa shape index (κ1) is 15.8. The van der Waals surface area contributed by atoms with E-state index in [9.17, 15) is 9.59 Å². The number of aryl methyl sites for hydroxylation is 1. The van der Waals surface area contributed by atoms with Gasteiger partial charge in [-0.3, -0.25) is 4.79 Å². The minimum Gasteiger partial charge on any atom is -0.495 e. The van der Waals surface area contributed by atoms with Gasteiger partial charge in [0, 0.05) is 13.1 Å². The lowest BCUT2D eigenvalue weighted by Gasteiger charge is -2.21. The van der Waals surface area contributed by atoms with Gasteiger partial charge in [0.1, 0.15) is 5.75 Å². The standard InChI is InChI=1S/C14H20N2O4/c1-4-16(8-7-13(17)18)14(19)15-11-9-10(2)5-6-12(11)20-3/h5-6,9H,4,7-8H2,1-3H3,(H,15,19)(H,17,18). The molecule has 0 unspecified atom stereocenters. The predicted octanol–water partition coefficient (Wildman–Crippen LogP) is 2.33. The van der Waals surface area contributed by atoms with Crippen LogP contribution >= 0.6 is 0 Å². The van der Waals surface area contributed by atoms with Crippen LogP contribution in [0, 0.1) is 6.92 Å². The van der Waals surface area contributed by atoms with Crippen LogP contribution in [0.1, 0.15) is 18.9 Å². The van der Waals surface area contributed by atoms with Crippen molar-refractivity contribution in [1.29, 1.82) is 0 Å². The van der Waals surface area contributed by atoms with E-state index in [1.54, 1.807) is 13.0 Å². The van der Waals surface area contributed by atoms with Crippen molar-refractivity contribution >= 4 is 17.7 Å². The van der Waals surface area contributed by atoms with Gasteiger partial charge < -0.3 is 20.1 Å². The molecule has 0 bridgehead atoms. The molecule has 0 spiro atoms.